The maximum atomic E-state index is 12.9. The summed E-state index contributed by atoms with van der Waals surface area (Å²) in [4.78, 5) is 17.7. The summed E-state index contributed by atoms with van der Waals surface area (Å²) in [6.07, 6.45) is 7.68. The molecule has 4 unspecified atom stereocenters. The Morgan fingerprint density at radius 1 is 1.00 bits per heavy atom. The third-order valence-corrected chi connectivity index (χ3v) is 6.13. The number of rotatable bonds is 1. The van der Waals surface area contributed by atoms with E-state index in [9.17, 15) is 4.79 Å². The highest BCUT2D eigenvalue weighted by atomic mass is 16.2. The minimum atomic E-state index is 0.135. The van der Waals surface area contributed by atoms with E-state index in [1.165, 1.54) is 45.2 Å². The molecule has 3 saturated heterocycles. The van der Waals surface area contributed by atoms with Crippen molar-refractivity contribution < 1.29 is 4.79 Å². The second kappa shape index (κ2) is 5.30. The van der Waals surface area contributed by atoms with Crippen molar-refractivity contribution in [3.63, 3.8) is 0 Å². The van der Waals surface area contributed by atoms with Gasteiger partial charge in [0.1, 0.15) is 0 Å². The van der Waals surface area contributed by atoms with Crippen molar-refractivity contribution in [3.8, 4) is 0 Å². The molecule has 1 saturated carbocycles. The van der Waals surface area contributed by atoms with Crippen molar-refractivity contribution in [3.05, 3.63) is 0 Å². The van der Waals surface area contributed by atoms with Crippen molar-refractivity contribution in [2.45, 2.75) is 50.6 Å². The lowest BCUT2D eigenvalue weighted by molar-refractivity contribution is -0.134. The van der Waals surface area contributed by atoms with Crippen LogP contribution in [0.3, 0.4) is 0 Å². The molecular formula is C16H27N3O. The lowest BCUT2D eigenvalue weighted by Crippen LogP contribution is -2.49. The Morgan fingerprint density at radius 3 is 2.85 bits per heavy atom. The van der Waals surface area contributed by atoms with Crippen LogP contribution in [-0.2, 0) is 4.79 Å². The van der Waals surface area contributed by atoms with Gasteiger partial charge in [-0.05, 0) is 57.0 Å². The van der Waals surface area contributed by atoms with Gasteiger partial charge in [0.25, 0.3) is 0 Å². The fourth-order valence-corrected chi connectivity index (χ4v) is 5.06. The van der Waals surface area contributed by atoms with Crippen LogP contribution in [0.25, 0.3) is 0 Å². The van der Waals surface area contributed by atoms with Crippen molar-refractivity contribution in [1.82, 2.24) is 15.1 Å². The van der Waals surface area contributed by atoms with Crippen LogP contribution in [0.2, 0.25) is 0 Å². The number of fused-ring (bicyclic) bond motifs is 2. The number of hydrogen-bond donors (Lipinski definition) is 1. The lowest BCUT2D eigenvalue weighted by Gasteiger charge is -2.29. The van der Waals surface area contributed by atoms with E-state index >= 15 is 0 Å². The Balaban J connectivity index is 1.45. The molecule has 0 aromatic rings. The molecule has 0 radical (unpaired) electrons. The van der Waals surface area contributed by atoms with E-state index in [-0.39, 0.29) is 6.04 Å². The monoisotopic (exact) mass is 277 g/mol. The van der Waals surface area contributed by atoms with Crippen molar-refractivity contribution in [2.75, 3.05) is 32.7 Å². The molecule has 20 heavy (non-hydrogen) atoms. The van der Waals surface area contributed by atoms with E-state index in [0.29, 0.717) is 17.9 Å². The largest absolute Gasteiger partial charge is 0.340 e. The molecule has 4 nitrogen and oxygen atoms in total. The average molecular weight is 277 g/mol. The molecule has 4 rings (SSSR count). The highest BCUT2D eigenvalue weighted by Crippen LogP contribution is 2.38. The van der Waals surface area contributed by atoms with E-state index in [1.54, 1.807) is 0 Å². The average Bonchev–Trinajstić information content (AvgIpc) is 3.12. The zero-order valence-electron chi connectivity index (χ0n) is 12.4. The number of carbonyl (C=O) groups is 1. The summed E-state index contributed by atoms with van der Waals surface area (Å²) in [6, 6.07) is 0.776. The molecule has 0 aromatic heterocycles. The molecule has 1 amide bonds. The van der Waals surface area contributed by atoms with Gasteiger partial charge < -0.3 is 10.2 Å². The van der Waals surface area contributed by atoms with Crippen LogP contribution in [-0.4, -0.2) is 60.5 Å². The molecule has 0 spiro atoms. The molecular weight excluding hydrogens is 250 g/mol. The fourth-order valence-electron chi connectivity index (χ4n) is 5.06. The first-order valence-corrected chi connectivity index (χ1v) is 8.59. The summed E-state index contributed by atoms with van der Waals surface area (Å²) in [5.41, 5.74) is 0. The molecule has 0 aromatic carbocycles. The third kappa shape index (κ3) is 2.17. The smallest absolute Gasteiger partial charge is 0.240 e. The summed E-state index contributed by atoms with van der Waals surface area (Å²) in [6.45, 7) is 5.47. The molecule has 0 bridgehead atoms. The van der Waals surface area contributed by atoms with E-state index in [2.05, 4.69) is 15.1 Å². The number of amides is 1. The summed E-state index contributed by atoms with van der Waals surface area (Å²) in [7, 11) is 0. The van der Waals surface area contributed by atoms with Crippen LogP contribution in [0.4, 0.5) is 0 Å². The third-order valence-electron chi connectivity index (χ3n) is 6.13. The van der Waals surface area contributed by atoms with Crippen LogP contribution < -0.4 is 5.32 Å². The van der Waals surface area contributed by atoms with Crippen molar-refractivity contribution >= 4 is 5.91 Å². The maximum Gasteiger partial charge on any atom is 0.240 e. The second-order valence-corrected chi connectivity index (χ2v) is 7.21. The van der Waals surface area contributed by atoms with Crippen LogP contribution in [0.1, 0.15) is 38.5 Å². The summed E-state index contributed by atoms with van der Waals surface area (Å²) in [5, 5.41) is 3.53. The molecule has 4 fully saturated rings. The van der Waals surface area contributed by atoms with Crippen molar-refractivity contribution in [1.29, 1.82) is 0 Å². The predicted octanol–water partition coefficient (Wildman–Crippen LogP) is 1.07. The zero-order valence-corrected chi connectivity index (χ0v) is 12.4. The highest BCUT2D eigenvalue weighted by molar-refractivity contribution is 5.82. The van der Waals surface area contributed by atoms with Crippen LogP contribution >= 0.6 is 0 Å². The number of hydrogen-bond acceptors (Lipinski definition) is 3. The van der Waals surface area contributed by atoms with E-state index < -0.39 is 0 Å². The van der Waals surface area contributed by atoms with Crippen molar-refractivity contribution in [2.24, 2.45) is 11.8 Å². The Hall–Kier alpha value is -0.610. The maximum absolute atomic E-state index is 12.9. The standard InChI is InChI=1S/C16H27N3O/c20-16(15-14-6-1-4-12(14)10-17-15)19-9-3-8-18-7-2-5-13(18)11-19/h12-15,17H,1-11H2. The van der Waals surface area contributed by atoms with E-state index in [1.807, 2.05) is 0 Å². The van der Waals surface area contributed by atoms with Gasteiger partial charge in [0.05, 0.1) is 6.04 Å². The van der Waals surface area contributed by atoms with Gasteiger partial charge in [-0.25, -0.2) is 0 Å². The van der Waals surface area contributed by atoms with Gasteiger partial charge in [0.2, 0.25) is 5.91 Å². The van der Waals surface area contributed by atoms with Crippen LogP contribution in [0, 0.1) is 11.8 Å². The first-order valence-electron chi connectivity index (χ1n) is 8.59. The first-order chi connectivity index (χ1) is 9.83. The van der Waals surface area contributed by atoms with Gasteiger partial charge in [-0.1, -0.05) is 6.42 Å². The number of nitrogens with one attached hydrogen (secondary N) is 1. The number of nitrogens with zero attached hydrogens (tertiary/aromatic N) is 2. The zero-order chi connectivity index (χ0) is 13.5. The Morgan fingerprint density at radius 2 is 1.90 bits per heavy atom. The Kier molecular flexibility index (Phi) is 3.47. The molecule has 1 N–H and O–H groups in total. The lowest BCUT2D eigenvalue weighted by atomic mass is 9.93. The molecule has 3 aliphatic heterocycles. The Bertz CT molecular complexity index is 386. The molecule has 112 valence electrons. The van der Waals surface area contributed by atoms with E-state index in [4.69, 9.17) is 0 Å². The first kappa shape index (κ1) is 13.1. The molecule has 4 aliphatic rings. The topological polar surface area (TPSA) is 35.6 Å². The van der Waals surface area contributed by atoms with Gasteiger partial charge in [-0.2, -0.15) is 0 Å². The summed E-state index contributed by atoms with van der Waals surface area (Å²) < 4.78 is 0. The van der Waals surface area contributed by atoms with Crippen LogP contribution in [0.5, 0.6) is 0 Å². The molecule has 1 aliphatic carbocycles. The fraction of sp³-hybridized carbons (Fsp3) is 0.938. The highest BCUT2D eigenvalue weighted by Gasteiger charge is 2.44. The summed E-state index contributed by atoms with van der Waals surface area (Å²) >= 11 is 0. The second-order valence-electron chi connectivity index (χ2n) is 7.21. The molecule has 3 heterocycles. The SMILES string of the molecule is O=C(C1NCC2CCCC21)N1CCCN2CCCC2C1. The normalized spacial score (nSPS) is 41.5. The molecule has 4 atom stereocenters. The van der Waals surface area contributed by atoms with Gasteiger partial charge in [0.15, 0.2) is 0 Å². The predicted molar refractivity (Wildman–Crippen MR) is 78.4 cm³/mol. The van der Waals surface area contributed by atoms with Gasteiger partial charge in [-0.15, -0.1) is 0 Å². The van der Waals surface area contributed by atoms with Gasteiger partial charge >= 0.3 is 0 Å². The minimum Gasteiger partial charge on any atom is -0.340 e. The quantitative estimate of drug-likeness (QED) is 0.779. The minimum absolute atomic E-state index is 0.135. The van der Waals surface area contributed by atoms with Gasteiger partial charge in [-0.3, -0.25) is 9.69 Å². The summed E-state index contributed by atoms with van der Waals surface area (Å²) in [5.74, 6) is 1.82. The van der Waals surface area contributed by atoms with E-state index in [0.717, 1.165) is 32.0 Å². The number of carbonyl (C=O) groups excluding carboxylic acids is 1. The van der Waals surface area contributed by atoms with Crippen LogP contribution in [0.15, 0.2) is 0 Å². The van der Waals surface area contributed by atoms with Gasteiger partial charge in [0, 0.05) is 25.7 Å². The molecule has 4 heteroatoms. The Labute approximate surface area is 121 Å².